The average molecular weight is 427 g/mol. The summed E-state index contributed by atoms with van der Waals surface area (Å²) in [5.41, 5.74) is 3.59. The van der Waals surface area contributed by atoms with Gasteiger partial charge in [0.05, 0.1) is 11.5 Å². The van der Waals surface area contributed by atoms with E-state index in [4.69, 9.17) is 9.15 Å². The predicted molar refractivity (Wildman–Crippen MR) is 115 cm³/mol. The van der Waals surface area contributed by atoms with E-state index in [-0.39, 0.29) is 10.1 Å². The van der Waals surface area contributed by atoms with Crippen molar-refractivity contribution in [1.82, 2.24) is 4.98 Å². The van der Waals surface area contributed by atoms with Crippen LogP contribution in [0.3, 0.4) is 0 Å². The van der Waals surface area contributed by atoms with Crippen LogP contribution in [-0.2, 0) is 17.6 Å². The van der Waals surface area contributed by atoms with Gasteiger partial charge in [-0.05, 0) is 56.1 Å². The lowest BCUT2D eigenvalue weighted by Gasteiger charge is -2.12. The van der Waals surface area contributed by atoms with Crippen LogP contribution in [0, 0.1) is 10.1 Å². The van der Waals surface area contributed by atoms with Gasteiger partial charge in [0.1, 0.15) is 23.3 Å². The highest BCUT2D eigenvalue weighted by Gasteiger charge is 2.21. The topological polar surface area (TPSA) is 108 Å². The van der Waals surface area contributed by atoms with Gasteiger partial charge >= 0.3 is 5.00 Å². The maximum Gasteiger partial charge on any atom is 0.345 e. The number of rotatable bonds is 6. The number of benzene rings is 1. The van der Waals surface area contributed by atoms with Crippen LogP contribution in [0.15, 0.2) is 28.8 Å². The Hall–Kier alpha value is -3.20. The Bertz CT molecular complexity index is 1160. The van der Waals surface area contributed by atoms with Crippen LogP contribution in [0.1, 0.15) is 43.6 Å². The van der Waals surface area contributed by atoms with Crippen LogP contribution >= 0.6 is 11.3 Å². The lowest BCUT2D eigenvalue weighted by atomic mass is 9.94. The predicted octanol–water partition coefficient (Wildman–Crippen LogP) is 5.12. The molecule has 1 aromatic carbocycles. The van der Waals surface area contributed by atoms with E-state index in [0.717, 1.165) is 71.1 Å². The van der Waals surface area contributed by atoms with Gasteiger partial charge in [-0.1, -0.05) is 0 Å². The van der Waals surface area contributed by atoms with E-state index in [1.807, 2.05) is 26.0 Å². The molecule has 156 valence electrons. The minimum atomic E-state index is -0.538. The summed E-state index contributed by atoms with van der Waals surface area (Å²) in [5, 5.41) is 14.5. The molecule has 0 atom stereocenters. The standard InChI is InChI=1S/C21H21N3O5S/c1-3-28-17-10-18-15(13-6-4-5-7-16(13)29-18)9-14(17)12(2)8-19(25)23-21-22-11-20(30-21)24(26)27/h8-11H,3-7H2,1-2H3,(H,22,23,25)/b12-8+. The van der Waals surface area contributed by atoms with Gasteiger partial charge in [0.2, 0.25) is 5.91 Å². The summed E-state index contributed by atoms with van der Waals surface area (Å²) in [7, 11) is 0. The van der Waals surface area contributed by atoms with E-state index in [1.165, 1.54) is 11.6 Å². The molecule has 0 unspecified atom stereocenters. The second kappa shape index (κ2) is 8.27. The molecule has 1 aliphatic carbocycles. The third kappa shape index (κ3) is 3.93. The van der Waals surface area contributed by atoms with Gasteiger partial charge in [-0.25, -0.2) is 4.98 Å². The highest BCUT2D eigenvalue weighted by atomic mass is 32.1. The van der Waals surface area contributed by atoms with Crippen molar-refractivity contribution < 1.29 is 18.9 Å². The first-order chi connectivity index (χ1) is 14.5. The summed E-state index contributed by atoms with van der Waals surface area (Å²) in [6.45, 7) is 4.23. The fourth-order valence-corrected chi connectivity index (χ4v) is 4.33. The normalized spacial score (nSPS) is 13.9. The van der Waals surface area contributed by atoms with Gasteiger partial charge in [0, 0.05) is 35.1 Å². The third-order valence-corrected chi connectivity index (χ3v) is 5.90. The number of thiazole rings is 1. The summed E-state index contributed by atoms with van der Waals surface area (Å²) in [6, 6.07) is 3.92. The van der Waals surface area contributed by atoms with Crippen molar-refractivity contribution in [3.8, 4) is 5.75 Å². The maximum absolute atomic E-state index is 12.4. The number of furan rings is 1. The van der Waals surface area contributed by atoms with Crippen LogP contribution in [0.2, 0.25) is 0 Å². The molecule has 30 heavy (non-hydrogen) atoms. The molecule has 9 heteroatoms. The number of anilines is 1. The molecule has 0 spiro atoms. The van der Waals surface area contributed by atoms with Crippen LogP contribution in [0.4, 0.5) is 10.1 Å². The molecule has 1 N–H and O–H groups in total. The lowest BCUT2D eigenvalue weighted by Crippen LogP contribution is -2.08. The third-order valence-electron chi connectivity index (χ3n) is 5.03. The molecule has 1 amide bonds. The molecule has 2 aromatic heterocycles. The van der Waals surface area contributed by atoms with E-state index in [1.54, 1.807) is 0 Å². The number of fused-ring (bicyclic) bond motifs is 3. The minimum absolute atomic E-state index is 0.125. The molecular formula is C21H21N3O5S. The number of carbonyl (C=O) groups excluding carboxylic acids is 1. The Kier molecular flexibility index (Phi) is 5.54. The van der Waals surface area contributed by atoms with E-state index in [2.05, 4.69) is 10.3 Å². The van der Waals surface area contributed by atoms with Gasteiger partial charge in [0.15, 0.2) is 5.13 Å². The lowest BCUT2D eigenvalue weighted by molar-refractivity contribution is -0.380. The van der Waals surface area contributed by atoms with E-state index >= 15 is 0 Å². The molecule has 1 aliphatic rings. The number of nitrogens with one attached hydrogen (secondary N) is 1. The Morgan fingerprint density at radius 3 is 2.93 bits per heavy atom. The number of nitrogens with zero attached hydrogens (tertiary/aromatic N) is 2. The number of amides is 1. The molecule has 0 saturated heterocycles. The Balaban J connectivity index is 1.66. The van der Waals surface area contributed by atoms with Gasteiger partial charge in [0.25, 0.3) is 0 Å². The van der Waals surface area contributed by atoms with Crippen molar-refractivity contribution in [3.05, 3.63) is 51.4 Å². The van der Waals surface area contributed by atoms with Crippen LogP contribution in [0.5, 0.6) is 5.75 Å². The van der Waals surface area contributed by atoms with Crippen LogP contribution in [0.25, 0.3) is 16.5 Å². The number of hydrogen-bond donors (Lipinski definition) is 1. The summed E-state index contributed by atoms with van der Waals surface area (Å²) < 4.78 is 11.9. The number of ether oxygens (including phenoxy) is 1. The summed E-state index contributed by atoms with van der Waals surface area (Å²) in [4.78, 5) is 26.5. The Labute approximate surface area is 176 Å². The second-order valence-corrected chi connectivity index (χ2v) is 8.07. The fraction of sp³-hybridized carbons (Fsp3) is 0.333. The van der Waals surface area contributed by atoms with Gasteiger partial charge in [-0.15, -0.1) is 0 Å². The molecule has 2 heterocycles. The Morgan fingerprint density at radius 1 is 1.40 bits per heavy atom. The van der Waals surface area contributed by atoms with Crippen LogP contribution in [-0.4, -0.2) is 22.4 Å². The molecule has 4 rings (SSSR count). The summed E-state index contributed by atoms with van der Waals surface area (Å²) >= 11 is 0.813. The first-order valence-corrected chi connectivity index (χ1v) is 10.6. The van der Waals surface area contributed by atoms with E-state index in [0.29, 0.717) is 12.4 Å². The van der Waals surface area contributed by atoms with Crippen molar-refractivity contribution in [2.24, 2.45) is 0 Å². The van der Waals surface area contributed by atoms with Crippen molar-refractivity contribution in [1.29, 1.82) is 0 Å². The quantitative estimate of drug-likeness (QED) is 0.332. The molecule has 0 bridgehead atoms. The van der Waals surface area contributed by atoms with Crippen molar-refractivity contribution in [2.75, 3.05) is 11.9 Å². The molecule has 0 radical (unpaired) electrons. The zero-order valence-corrected chi connectivity index (χ0v) is 17.5. The number of nitro groups is 1. The number of aryl methyl sites for hydroxylation is 2. The smallest absolute Gasteiger partial charge is 0.345 e. The van der Waals surface area contributed by atoms with Gasteiger partial charge in [-0.2, -0.15) is 0 Å². The first-order valence-electron chi connectivity index (χ1n) is 9.77. The maximum atomic E-state index is 12.4. The van der Waals surface area contributed by atoms with Crippen molar-refractivity contribution >= 4 is 43.9 Å². The molecule has 0 aliphatic heterocycles. The molecule has 0 saturated carbocycles. The van der Waals surface area contributed by atoms with Crippen molar-refractivity contribution in [2.45, 2.75) is 39.5 Å². The number of carbonyl (C=O) groups is 1. The van der Waals surface area contributed by atoms with Gasteiger partial charge in [-0.3, -0.25) is 20.2 Å². The highest BCUT2D eigenvalue weighted by molar-refractivity contribution is 7.18. The number of aromatic nitrogens is 1. The first kappa shape index (κ1) is 20.1. The fourth-order valence-electron chi connectivity index (χ4n) is 3.70. The molecule has 3 aromatic rings. The summed E-state index contributed by atoms with van der Waals surface area (Å²) in [5.74, 6) is 1.29. The van der Waals surface area contributed by atoms with E-state index < -0.39 is 10.8 Å². The summed E-state index contributed by atoms with van der Waals surface area (Å²) in [6.07, 6.45) is 6.78. The van der Waals surface area contributed by atoms with Crippen LogP contribution < -0.4 is 10.1 Å². The molecule has 0 fully saturated rings. The Morgan fingerprint density at radius 2 is 2.20 bits per heavy atom. The SMILES string of the molecule is CCOc1cc2oc3c(c2cc1/C(C)=C/C(=O)Nc1ncc([N+](=O)[O-])s1)CCCC3. The minimum Gasteiger partial charge on any atom is -0.493 e. The average Bonchev–Trinajstić information content (AvgIpc) is 3.31. The zero-order valence-electron chi connectivity index (χ0n) is 16.7. The van der Waals surface area contributed by atoms with E-state index in [9.17, 15) is 14.9 Å². The largest absolute Gasteiger partial charge is 0.493 e. The molecule has 8 nitrogen and oxygen atoms in total. The zero-order chi connectivity index (χ0) is 21.3. The second-order valence-electron chi connectivity index (χ2n) is 7.07. The number of allylic oxidation sites excluding steroid dienone is 1. The number of hydrogen-bond acceptors (Lipinski definition) is 7. The van der Waals surface area contributed by atoms with Gasteiger partial charge < -0.3 is 9.15 Å². The van der Waals surface area contributed by atoms with Crippen molar-refractivity contribution in [3.63, 3.8) is 0 Å². The highest BCUT2D eigenvalue weighted by Crippen LogP contribution is 2.38. The molecular weight excluding hydrogens is 406 g/mol. The monoisotopic (exact) mass is 427 g/mol.